The van der Waals surface area contributed by atoms with Crippen LogP contribution in [0.3, 0.4) is 0 Å². The molecule has 3 N–H and O–H groups in total. The van der Waals surface area contributed by atoms with Gasteiger partial charge in [0.25, 0.3) is 0 Å². The van der Waals surface area contributed by atoms with Crippen LogP contribution < -0.4 is 10.6 Å². The number of amides is 2. The second-order valence-corrected chi connectivity index (χ2v) is 4.17. The molecule has 0 aliphatic heterocycles. The Morgan fingerprint density at radius 2 is 2.11 bits per heavy atom. The van der Waals surface area contributed by atoms with Crippen LogP contribution in [0.15, 0.2) is 18.2 Å². The molecular weight excluding hydrogens is 263 g/mol. The summed E-state index contributed by atoms with van der Waals surface area (Å²) in [6, 6.07) is 2.97. The number of carboxylic acid groups (broad SMARTS) is 1. The van der Waals surface area contributed by atoms with Gasteiger partial charge in [0.15, 0.2) is 0 Å². The number of urea groups is 1. The molecule has 0 radical (unpaired) electrons. The molecule has 7 heteroatoms. The topological polar surface area (TPSA) is 78.4 Å². The van der Waals surface area contributed by atoms with Crippen molar-refractivity contribution in [2.75, 3.05) is 11.9 Å². The summed E-state index contributed by atoms with van der Waals surface area (Å²) >= 11 is 5.61. The lowest BCUT2D eigenvalue weighted by molar-refractivity contribution is -0.140. The molecule has 1 aromatic rings. The van der Waals surface area contributed by atoms with Crippen molar-refractivity contribution in [2.24, 2.45) is 5.92 Å². The second-order valence-electron chi connectivity index (χ2n) is 3.73. The number of halogens is 2. The summed E-state index contributed by atoms with van der Waals surface area (Å²) in [5, 5.41) is 13.5. The summed E-state index contributed by atoms with van der Waals surface area (Å²) in [5.41, 5.74) is 0.195. The van der Waals surface area contributed by atoms with Crippen molar-refractivity contribution in [1.29, 1.82) is 0 Å². The van der Waals surface area contributed by atoms with E-state index in [2.05, 4.69) is 10.6 Å². The van der Waals surface area contributed by atoms with Gasteiger partial charge in [-0.3, -0.25) is 4.79 Å². The largest absolute Gasteiger partial charge is 0.481 e. The zero-order valence-electron chi connectivity index (χ0n) is 9.54. The number of carbonyl (C=O) groups excluding carboxylic acids is 1. The lowest BCUT2D eigenvalue weighted by atomic mass is 10.2. The Morgan fingerprint density at radius 3 is 2.67 bits per heavy atom. The maximum atomic E-state index is 13.0. The van der Waals surface area contributed by atoms with Gasteiger partial charge in [-0.05, 0) is 18.2 Å². The van der Waals surface area contributed by atoms with Gasteiger partial charge in [-0.2, -0.15) is 0 Å². The van der Waals surface area contributed by atoms with Crippen LogP contribution in [0.25, 0.3) is 0 Å². The average molecular weight is 275 g/mol. The van der Waals surface area contributed by atoms with Crippen LogP contribution in [0.1, 0.15) is 6.92 Å². The minimum atomic E-state index is -1.01. The summed E-state index contributed by atoms with van der Waals surface area (Å²) in [4.78, 5) is 21.9. The Kier molecular flexibility index (Phi) is 4.91. The quantitative estimate of drug-likeness (QED) is 0.788. The van der Waals surface area contributed by atoms with Crippen molar-refractivity contribution >= 4 is 29.3 Å². The Hall–Kier alpha value is -1.82. The molecule has 5 nitrogen and oxygen atoms in total. The number of nitrogens with one attached hydrogen (secondary N) is 2. The molecule has 1 unspecified atom stereocenters. The van der Waals surface area contributed by atoms with E-state index in [9.17, 15) is 14.0 Å². The van der Waals surface area contributed by atoms with Crippen molar-refractivity contribution in [3.8, 4) is 0 Å². The summed E-state index contributed by atoms with van der Waals surface area (Å²) in [7, 11) is 0. The Labute approximate surface area is 108 Å². The number of hydrogen-bond acceptors (Lipinski definition) is 2. The minimum Gasteiger partial charge on any atom is -0.481 e. The molecule has 0 aromatic heterocycles. The van der Waals surface area contributed by atoms with Crippen LogP contribution in [-0.2, 0) is 4.79 Å². The third-order valence-electron chi connectivity index (χ3n) is 2.11. The fourth-order valence-corrected chi connectivity index (χ4v) is 1.36. The van der Waals surface area contributed by atoms with E-state index < -0.39 is 23.7 Å². The van der Waals surface area contributed by atoms with Gasteiger partial charge in [0.05, 0.1) is 5.92 Å². The van der Waals surface area contributed by atoms with Crippen LogP contribution in [0.4, 0.5) is 14.9 Å². The normalized spacial score (nSPS) is 11.7. The fourth-order valence-electron chi connectivity index (χ4n) is 1.13. The number of rotatable bonds is 4. The number of carboxylic acids is 1. The molecule has 1 aromatic carbocycles. The second kappa shape index (κ2) is 6.20. The third-order valence-corrected chi connectivity index (χ3v) is 2.33. The molecule has 0 aliphatic carbocycles. The van der Waals surface area contributed by atoms with Crippen LogP contribution in [0.5, 0.6) is 0 Å². The first-order valence-corrected chi connectivity index (χ1v) is 5.50. The molecule has 0 saturated carbocycles. The smallest absolute Gasteiger partial charge is 0.319 e. The highest BCUT2D eigenvalue weighted by Crippen LogP contribution is 2.17. The first-order valence-electron chi connectivity index (χ1n) is 5.12. The summed E-state index contributed by atoms with van der Waals surface area (Å²) in [6.07, 6.45) is 0. The molecule has 1 atom stereocenters. The average Bonchev–Trinajstić information content (AvgIpc) is 2.24. The summed E-state index contributed by atoms with van der Waals surface area (Å²) in [5.74, 6) is -2.28. The van der Waals surface area contributed by atoms with Crippen LogP contribution in [0.2, 0.25) is 5.02 Å². The van der Waals surface area contributed by atoms with E-state index in [1.54, 1.807) is 0 Å². The van der Waals surface area contributed by atoms with E-state index in [1.807, 2.05) is 0 Å². The number of anilines is 1. The molecule has 0 bridgehead atoms. The lowest BCUT2D eigenvalue weighted by Gasteiger charge is -2.10. The van der Waals surface area contributed by atoms with Gasteiger partial charge >= 0.3 is 12.0 Å². The van der Waals surface area contributed by atoms with Gasteiger partial charge < -0.3 is 15.7 Å². The molecule has 0 aliphatic rings. The molecule has 2 amide bonds. The molecule has 0 heterocycles. The molecule has 0 saturated heterocycles. The van der Waals surface area contributed by atoms with Crippen molar-refractivity contribution in [2.45, 2.75) is 6.92 Å². The standard InChI is InChI=1S/C11H12ClFN2O3/c1-6(10(16)17)5-14-11(18)15-9-3-7(12)2-8(13)4-9/h2-4,6H,5H2,1H3,(H,16,17)(H2,14,15,18). The van der Waals surface area contributed by atoms with Gasteiger partial charge in [-0.1, -0.05) is 18.5 Å². The fraction of sp³-hybridized carbons (Fsp3) is 0.273. The number of carbonyl (C=O) groups is 2. The van der Waals surface area contributed by atoms with Crippen LogP contribution >= 0.6 is 11.6 Å². The van der Waals surface area contributed by atoms with E-state index in [-0.39, 0.29) is 17.3 Å². The van der Waals surface area contributed by atoms with Gasteiger partial charge in [-0.25, -0.2) is 9.18 Å². The predicted octanol–water partition coefficient (Wildman–Crippen LogP) is 2.32. The van der Waals surface area contributed by atoms with E-state index in [4.69, 9.17) is 16.7 Å². The first-order chi connectivity index (χ1) is 8.38. The summed E-state index contributed by atoms with van der Waals surface area (Å²) in [6.45, 7) is 1.44. The highest BCUT2D eigenvalue weighted by Gasteiger charge is 2.12. The van der Waals surface area contributed by atoms with Crippen LogP contribution in [-0.4, -0.2) is 23.7 Å². The van der Waals surface area contributed by atoms with Crippen molar-refractivity contribution in [1.82, 2.24) is 5.32 Å². The van der Waals surface area contributed by atoms with Crippen molar-refractivity contribution < 1.29 is 19.1 Å². The highest BCUT2D eigenvalue weighted by atomic mass is 35.5. The lowest BCUT2D eigenvalue weighted by Crippen LogP contribution is -2.34. The molecule has 0 spiro atoms. The maximum absolute atomic E-state index is 13.0. The zero-order valence-corrected chi connectivity index (χ0v) is 10.3. The Morgan fingerprint density at radius 1 is 1.44 bits per heavy atom. The van der Waals surface area contributed by atoms with E-state index in [0.29, 0.717) is 0 Å². The predicted molar refractivity (Wildman–Crippen MR) is 65.2 cm³/mol. The summed E-state index contributed by atoms with van der Waals surface area (Å²) < 4.78 is 13.0. The highest BCUT2D eigenvalue weighted by molar-refractivity contribution is 6.30. The molecule has 0 fully saturated rings. The van der Waals surface area contributed by atoms with E-state index in [1.165, 1.54) is 13.0 Å². The number of hydrogen-bond donors (Lipinski definition) is 3. The van der Waals surface area contributed by atoms with Gasteiger partial charge in [0.1, 0.15) is 5.82 Å². The van der Waals surface area contributed by atoms with E-state index >= 15 is 0 Å². The zero-order chi connectivity index (χ0) is 13.7. The SMILES string of the molecule is CC(CNC(=O)Nc1cc(F)cc(Cl)c1)C(=O)O. The Balaban J connectivity index is 2.52. The molecule has 98 valence electrons. The molecular formula is C11H12ClFN2O3. The third kappa shape index (κ3) is 4.58. The van der Waals surface area contributed by atoms with Gasteiger partial charge in [0.2, 0.25) is 0 Å². The molecule has 18 heavy (non-hydrogen) atoms. The van der Waals surface area contributed by atoms with Crippen molar-refractivity contribution in [3.63, 3.8) is 0 Å². The minimum absolute atomic E-state index is 0.0236. The Bertz CT molecular complexity index is 447. The number of benzene rings is 1. The van der Waals surface area contributed by atoms with Gasteiger partial charge in [0, 0.05) is 17.3 Å². The van der Waals surface area contributed by atoms with Gasteiger partial charge in [-0.15, -0.1) is 0 Å². The monoisotopic (exact) mass is 274 g/mol. The molecule has 1 rings (SSSR count). The van der Waals surface area contributed by atoms with Crippen LogP contribution in [0, 0.1) is 11.7 Å². The maximum Gasteiger partial charge on any atom is 0.319 e. The van der Waals surface area contributed by atoms with E-state index in [0.717, 1.165) is 12.1 Å². The van der Waals surface area contributed by atoms with Crippen molar-refractivity contribution in [3.05, 3.63) is 29.0 Å². The first kappa shape index (κ1) is 14.2. The number of aliphatic carboxylic acids is 1.